The lowest BCUT2D eigenvalue weighted by atomic mass is 9.92. The lowest BCUT2D eigenvalue weighted by molar-refractivity contribution is -0.138. The lowest BCUT2D eigenvalue weighted by Gasteiger charge is -2.15. The van der Waals surface area contributed by atoms with Crippen LogP contribution >= 0.6 is 0 Å². The minimum atomic E-state index is -4.70. The van der Waals surface area contributed by atoms with E-state index in [0.29, 0.717) is 12.1 Å². The SMILES string of the molecule is COC(=O)c1cc(C(F)(F)F)ccc1-c1cccc(-c2ccc(C(F)(F)F)cc2C(=O)OC)c1. The topological polar surface area (TPSA) is 52.6 Å². The molecule has 34 heavy (non-hydrogen) atoms. The third-order valence-electron chi connectivity index (χ3n) is 4.99. The molecule has 0 aliphatic heterocycles. The highest BCUT2D eigenvalue weighted by Crippen LogP contribution is 2.37. The van der Waals surface area contributed by atoms with Crippen molar-refractivity contribution in [1.82, 2.24) is 0 Å². The summed E-state index contributed by atoms with van der Waals surface area (Å²) in [4.78, 5) is 24.4. The molecule has 0 atom stereocenters. The van der Waals surface area contributed by atoms with Crippen molar-refractivity contribution in [3.63, 3.8) is 0 Å². The lowest BCUT2D eigenvalue weighted by Crippen LogP contribution is -2.10. The van der Waals surface area contributed by atoms with Gasteiger partial charge in [0.15, 0.2) is 0 Å². The third-order valence-corrected chi connectivity index (χ3v) is 4.99. The van der Waals surface area contributed by atoms with Gasteiger partial charge in [-0.2, -0.15) is 26.3 Å². The molecule has 0 amide bonds. The number of halogens is 6. The van der Waals surface area contributed by atoms with Crippen LogP contribution in [0, 0.1) is 0 Å². The summed E-state index contributed by atoms with van der Waals surface area (Å²) in [7, 11) is 2.04. The number of ether oxygens (including phenoxy) is 2. The number of rotatable bonds is 4. The Labute approximate surface area is 189 Å². The van der Waals surface area contributed by atoms with Gasteiger partial charge in [0.25, 0.3) is 0 Å². The van der Waals surface area contributed by atoms with Crippen molar-refractivity contribution in [3.8, 4) is 22.3 Å². The van der Waals surface area contributed by atoms with Crippen LogP contribution in [0.3, 0.4) is 0 Å². The molecule has 0 saturated heterocycles. The average Bonchev–Trinajstić information content (AvgIpc) is 2.81. The number of hydrogen-bond acceptors (Lipinski definition) is 4. The quantitative estimate of drug-likeness (QED) is 0.309. The van der Waals surface area contributed by atoms with E-state index in [0.717, 1.165) is 38.5 Å². The molecule has 10 heteroatoms. The fourth-order valence-electron chi connectivity index (χ4n) is 3.36. The van der Waals surface area contributed by atoms with Gasteiger partial charge >= 0.3 is 24.3 Å². The highest BCUT2D eigenvalue weighted by molar-refractivity contribution is 6.00. The number of hydrogen-bond donors (Lipinski definition) is 0. The Morgan fingerprint density at radius 2 is 1.00 bits per heavy atom. The van der Waals surface area contributed by atoms with Crippen LogP contribution in [-0.2, 0) is 21.8 Å². The summed E-state index contributed by atoms with van der Waals surface area (Å²) in [5.41, 5.74) is -2.04. The minimum Gasteiger partial charge on any atom is -0.465 e. The molecule has 3 aromatic carbocycles. The van der Waals surface area contributed by atoms with Gasteiger partial charge in [-0.3, -0.25) is 0 Å². The number of benzene rings is 3. The van der Waals surface area contributed by atoms with Crippen molar-refractivity contribution >= 4 is 11.9 Å². The van der Waals surface area contributed by atoms with E-state index in [1.807, 2.05) is 0 Å². The van der Waals surface area contributed by atoms with Gasteiger partial charge in [-0.05, 0) is 52.6 Å². The number of carbonyl (C=O) groups excluding carboxylic acids is 2. The van der Waals surface area contributed by atoms with E-state index < -0.39 is 35.4 Å². The summed E-state index contributed by atoms with van der Waals surface area (Å²) >= 11 is 0. The summed E-state index contributed by atoms with van der Waals surface area (Å²) in [5, 5.41) is 0. The van der Waals surface area contributed by atoms with Gasteiger partial charge in [-0.15, -0.1) is 0 Å². The molecule has 0 bridgehead atoms. The standard InChI is InChI=1S/C24H16F6O4/c1-33-21(31)19-11-15(23(25,26)27)6-8-17(19)13-4-3-5-14(10-13)18-9-7-16(24(28,29)30)12-20(18)22(32)34-2/h3-12H,1-2H3. The van der Waals surface area contributed by atoms with Gasteiger partial charge in [0, 0.05) is 0 Å². The van der Waals surface area contributed by atoms with E-state index >= 15 is 0 Å². The first-order valence-corrected chi connectivity index (χ1v) is 9.56. The van der Waals surface area contributed by atoms with E-state index in [-0.39, 0.29) is 33.4 Å². The van der Waals surface area contributed by atoms with Gasteiger partial charge in [0.2, 0.25) is 0 Å². The van der Waals surface area contributed by atoms with Crippen molar-refractivity contribution < 1.29 is 45.4 Å². The van der Waals surface area contributed by atoms with Crippen molar-refractivity contribution in [2.45, 2.75) is 12.4 Å². The first kappa shape index (κ1) is 24.8. The molecule has 3 aromatic rings. The van der Waals surface area contributed by atoms with E-state index in [2.05, 4.69) is 9.47 Å². The van der Waals surface area contributed by atoms with Crippen LogP contribution in [0.15, 0.2) is 60.7 Å². The number of carbonyl (C=O) groups is 2. The second kappa shape index (κ2) is 9.20. The van der Waals surface area contributed by atoms with Crippen molar-refractivity contribution in [2.75, 3.05) is 14.2 Å². The molecule has 0 aliphatic rings. The monoisotopic (exact) mass is 482 g/mol. The summed E-state index contributed by atoms with van der Waals surface area (Å²) in [6, 6.07) is 11.0. The van der Waals surface area contributed by atoms with E-state index in [4.69, 9.17) is 0 Å². The molecule has 0 saturated carbocycles. The fraction of sp³-hybridized carbons (Fsp3) is 0.167. The second-order valence-corrected chi connectivity index (χ2v) is 7.08. The predicted molar refractivity (Wildman–Crippen MR) is 110 cm³/mol. The summed E-state index contributed by atoms with van der Waals surface area (Å²) in [6.07, 6.45) is -9.39. The molecule has 0 spiro atoms. The van der Waals surface area contributed by atoms with Crippen molar-refractivity contribution in [1.29, 1.82) is 0 Å². The van der Waals surface area contributed by atoms with Gasteiger partial charge < -0.3 is 9.47 Å². The van der Waals surface area contributed by atoms with E-state index in [1.54, 1.807) is 0 Å². The Kier molecular flexibility index (Phi) is 6.72. The molecule has 4 nitrogen and oxygen atoms in total. The van der Waals surface area contributed by atoms with Crippen LogP contribution in [0.25, 0.3) is 22.3 Å². The number of esters is 2. The number of alkyl halides is 6. The first-order valence-electron chi connectivity index (χ1n) is 9.56. The summed E-state index contributed by atoms with van der Waals surface area (Å²) in [5.74, 6) is -2.01. The Bertz CT molecular complexity index is 1150. The third kappa shape index (κ3) is 5.05. The van der Waals surface area contributed by atoms with Crippen molar-refractivity contribution in [3.05, 3.63) is 82.9 Å². The maximum absolute atomic E-state index is 13.1. The number of methoxy groups -OCH3 is 2. The zero-order chi connectivity index (χ0) is 25.3. The molecule has 0 heterocycles. The molecule has 0 N–H and O–H groups in total. The second-order valence-electron chi connectivity index (χ2n) is 7.08. The highest BCUT2D eigenvalue weighted by atomic mass is 19.4. The minimum absolute atomic E-state index is 0.105. The first-order chi connectivity index (χ1) is 15.9. The van der Waals surface area contributed by atoms with Crippen molar-refractivity contribution in [2.24, 2.45) is 0 Å². The van der Waals surface area contributed by atoms with Crippen LogP contribution < -0.4 is 0 Å². The summed E-state index contributed by atoms with van der Waals surface area (Å²) in [6.45, 7) is 0. The van der Waals surface area contributed by atoms with Crippen LogP contribution in [0.1, 0.15) is 31.8 Å². The van der Waals surface area contributed by atoms with E-state index in [1.165, 1.54) is 24.3 Å². The van der Waals surface area contributed by atoms with Crippen LogP contribution in [0.5, 0.6) is 0 Å². The molecule has 0 fully saturated rings. The van der Waals surface area contributed by atoms with Gasteiger partial charge in [0.05, 0.1) is 36.5 Å². The van der Waals surface area contributed by atoms with Gasteiger partial charge in [-0.1, -0.05) is 30.3 Å². The van der Waals surface area contributed by atoms with Gasteiger partial charge in [0.1, 0.15) is 0 Å². The smallest absolute Gasteiger partial charge is 0.416 e. The molecular weight excluding hydrogens is 466 g/mol. The molecule has 0 aromatic heterocycles. The van der Waals surface area contributed by atoms with Crippen LogP contribution in [-0.4, -0.2) is 26.2 Å². The maximum Gasteiger partial charge on any atom is 0.416 e. The summed E-state index contributed by atoms with van der Waals surface area (Å²) < 4.78 is 88.1. The molecular formula is C24H16F6O4. The van der Waals surface area contributed by atoms with Gasteiger partial charge in [-0.25, -0.2) is 9.59 Å². The molecule has 0 unspecified atom stereocenters. The maximum atomic E-state index is 13.1. The predicted octanol–water partition coefficient (Wildman–Crippen LogP) is 6.63. The Morgan fingerprint density at radius 3 is 1.32 bits per heavy atom. The van der Waals surface area contributed by atoms with Crippen LogP contribution in [0.2, 0.25) is 0 Å². The Morgan fingerprint density at radius 1 is 0.618 bits per heavy atom. The largest absolute Gasteiger partial charge is 0.465 e. The molecule has 3 rings (SSSR count). The zero-order valence-corrected chi connectivity index (χ0v) is 17.7. The fourth-order valence-corrected chi connectivity index (χ4v) is 3.36. The molecule has 0 radical (unpaired) electrons. The molecule has 0 aliphatic carbocycles. The highest BCUT2D eigenvalue weighted by Gasteiger charge is 2.33. The molecule has 178 valence electrons. The average molecular weight is 482 g/mol. The Hall–Kier alpha value is -3.82. The van der Waals surface area contributed by atoms with E-state index in [9.17, 15) is 35.9 Å². The van der Waals surface area contributed by atoms with Crippen LogP contribution in [0.4, 0.5) is 26.3 Å². The zero-order valence-electron chi connectivity index (χ0n) is 17.7. The normalized spacial score (nSPS) is 11.8. The Balaban J connectivity index is 2.19.